The Morgan fingerprint density at radius 1 is 1.40 bits per heavy atom. The molecule has 0 aliphatic rings. The minimum Gasteiger partial charge on any atom is -0.330 e. The van der Waals surface area contributed by atoms with Crippen molar-refractivity contribution in [1.29, 1.82) is 0 Å². The van der Waals surface area contributed by atoms with Crippen LogP contribution in [0.4, 0.5) is 4.39 Å². The zero-order valence-corrected chi connectivity index (χ0v) is 10.7. The molecular weight excluding hydrogens is 257 g/mol. The van der Waals surface area contributed by atoms with E-state index in [-0.39, 0.29) is 5.82 Å². The van der Waals surface area contributed by atoms with Gasteiger partial charge >= 0.3 is 0 Å². The summed E-state index contributed by atoms with van der Waals surface area (Å²) in [5.74, 6) is 0.737. The van der Waals surface area contributed by atoms with Gasteiger partial charge in [-0.05, 0) is 48.6 Å². The Labute approximate surface area is 99.0 Å². The topological polar surface area (TPSA) is 26.0 Å². The summed E-state index contributed by atoms with van der Waals surface area (Å²) in [6.07, 6.45) is 0.826. The first-order valence-corrected chi connectivity index (χ1v) is 5.98. The molecule has 0 amide bonds. The van der Waals surface area contributed by atoms with E-state index in [0.29, 0.717) is 18.4 Å². The average Bonchev–Trinajstić information content (AvgIpc) is 2.18. The molecule has 1 rings (SSSR count). The van der Waals surface area contributed by atoms with Crippen molar-refractivity contribution in [3.05, 3.63) is 34.1 Å². The molecule has 0 saturated carbocycles. The third-order valence-electron chi connectivity index (χ3n) is 2.74. The van der Waals surface area contributed by atoms with Crippen molar-refractivity contribution in [3.8, 4) is 0 Å². The Hall–Kier alpha value is -0.410. The first-order chi connectivity index (χ1) is 7.04. The van der Waals surface area contributed by atoms with Crippen molar-refractivity contribution in [1.82, 2.24) is 0 Å². The molecule has 1 atom stereocenters. The SMILES string of the molecule is CC(C)C(CN)Cc1cc(F)ccc1Br. The zero-order valence-electron chi connectivity index (χ0n) is 9.13. The summed E-state index contributed by atoms with van der Waals surface area (Å²) < 4.78 is 14.0. The van der Waals surface area contributed by atoms with Gasteiger partial charge in [0.1, 0.15) is 5.82 Å². The van der Waals surface area contributed by atoms with E-state index in [1.165, 1.54) is 6.07 Å². The van der Waals surface area contributed by atoms with Gasteiger partial charge in [-0.1, -0.05) is 29.8 Å². The van der Waals surface area contributed by atoms with E-state index in [2.05, 4.69) is 29.8 Å². The molecule has 0 saturated heterocycles. The molecule has 84 valence electrons. The number of rotatable bonds is 4. The molecule has 0 radical (unpaired) electrons. The summed E-state index contributed by atoms with van der Waals surface area (Å²) in [5.41, 5.74) is 6.70. The lowest BCUT2D eigenvalue weighted by molar-refractivity contribution is 0.391. The minimum absolute atomic E-state index is 0.187. The Balaban J connectivity index is 2.82. The van der Waals surface area contributed by atoms with Crippen molar-refractivity contribution in [2.24, 2.45) is 17.6 Å². The highest BCUT2D eigenvalue weighted by molar-refractivity contribution is 9.10. The summed E-state index contributed by atoms with van der Waals surface area (Å²) in [6.45, 7) is 4.93. The molecule has 0 aliphatic carbocycles. The predicted octanol–water partition coefficient (Wildman–Crippen LogP) is 3.36. The Morgan fingerprint density at radius 3 is 2.60 bits per heavy atom. The van der Waals surface area contributed by atoms with Crippen LogP contribution in [0, 0.1) is 17.7 Å². The maximum Gasteiger partial charge on any atom is 0.123 e. The molecule has 1 nitrogen and oxygen atoms in total. The van der Waals surface area contributed by atoms with Crippen molar-refractivity contribution in [2.75, 3.05) is 6.54 Å². The van der Waals surface area contributed by atoms with Crippen molar-refractivity contribution in [3.63, 3.8) is 0 Å². The van der Waals surface area contributed by atoms with E-state index >= 15 is 0 Å². The van der Waals surface area contributed by atoms with E-state index in [9.17, 15) is 4.39 Å². The van der Waals surface area contributed by atoms with Gasteiger partial charge in [0.25, 0.3) is 0 Å². The summed E-state index contributed by atoms with van der Waals surface area (Å²) in [6, 6.07) is 4.79. The van der Waals surface area contributed by atoms with Gasteiger partial charge < -0.3 is 5.73 Å². The Kier molecular flexibility index (Phi) is 4.74. The minimum atomic E-state index is -0.187. The van der Waals surface area contributed by atoms with Crippen LogP contribution >= 0.6 is 15.9 Å². The fourth-order valence-corrected chi connectivity index (χ4v) is 1.98. The lowest BCUT2D eigenvalue weighted by Crippen LogP contribution is -2.22. The molecule has 0 aromatic heterocycles. The van der Waals surface area contributed by atoms with Crippen molar-refractivity contribution < 1.29 is 4.39 Å². The van der Waals surface area contributed by atoms with Crippen LogP contribution in [-0.2, 0) is 6.42 Å². The van der Waals surface area contributed by atoms with Crippen LogP contribution in [0.15, 0.2) is 22.7 Å². The van der Waals surface area contributed by atoms with Gasteiger partial charge in [0, 0.05) is 4.47 Å². The highest BCUT2D eigenvalue weighted by atomic mass is 79.9. The number of nitrogens with two attached hydrogens (primary N) is 1. The predicted molar refractivity (Wildman–Crippen MR) is 65.2 cm³/mol. The third-order valence-corrected chi connectivity index (χ3v) is 3.51. The Morgan fingerprint density at radius 2 is 2.07 bits per heavy atom. The molecule has 0 bridgehead atoms. The molecule has 1 unspecified atom stereocenters. The normalized spacial score (nSPS) is 13.2. The molecule has 0 spiro atoms. The highest BCUT2D eigenvalue weighted by Gasteiger charge is 2.14. The largest absolute Gasteiger partial charge is 0.330 e. The molecule has 15 heavy (non-hydrogen) atoms. The second kappa shape index (κ2) is 5.61. The van der Waals surface area contributed by atoms with Crippen LogP contribution in [0.1, 0.15) is 19.4 Å². The zero-order chi connectivity index (χ0) is 11.4. The van der Waals surface area contributed by atoms with Crippen LogP contribution in [-0.4, -0.2) is 6.54 Å². The van der Waals surface area contributed by atoms with Crippen LogP contribution in [0.3, 0.4) is 0 Å². The van der Waals surface area contributed by atoms with Gasteiger partial charge in [0.2, 0.25) is 0 Å². The molecule has 2 N–H and O–H groups in total. The summed E-state index contributed by atoms with van der Waals surface area (Å²) in [5, 5.41) is 0. The van der Waals surface area contributed by atoms with Gasteiger partial charge in [-0.3, -0.25) is 0 Å². The molecule has 0 heterocycles. The summed E-state index contributed by atoms with van der Waals surface area (Å²) in [4.78, 5) is 0. The smallest absolute Gasteiger partial charge is 0.123 e. The molecule has 0 aliphatic heterocycles. The van der Waals surface area contributed by atoms with E-state index < -0.39 is 0 Å². The van der Waals surface area contributed by atoms with Crippen molar-refractivity contribution >= 4 is 15.9 Å². The van der Waals surface area contributed by atoms with Gasteiger partial charge in [-0.15, -0.1) is 0 Å². The average molecular weight is 274 g/mol. The molecular formula is C12H17BrFN. The standard InChI is InChI=1S/C12H17BrFN/c1-8(2)10(7-15)5-9-6-11(14)3-4-12(9)13/h3-4,6,8,10H,5,7,15H2,1-2H3. The fourth-order valence-electron chi connectivity index (χ4n) is 1.57. The van der Waals surface area contributed by atoms with E-state index in [1.807, 2.05) is 0 Å². The van der Waals surface area contributed by atoms with E-state index in [4.69, 9.17) is 5.73 Å². The van der Waals surface area contributed by atoms with Gasteiger partial charge in [0.05, 0.1) is 0 Å². The van der Waals surface area contributed by atoms with Crippen LogP contribution in [0.2, 0.25) is 0 Å². The second-order valence-corrected chi connectivity index (χ2v) is 5.03. The quantitative estimate of drug-likeness (QED) is 0.895. The van der Waals surface area contributed by atoms with Crippen LogP contribution in [0.5, 0.6) is 0 Å². The Bertz CT molecular complexity index is 325. The monoisotopic (exact) mass is 273 g/mol. The summed E-state index contributed by atoms with van der Waals surface area (Å²) in [7, 11) is 0. The van der Waals surface area contributed by atoms with Crippen LogP contribution in [0.25, 0.3) is 0 Å². The molecule has 0 fully saturated rings. The summed E-state index contributed by atoms with van der Waals surface area (Å²) >= 11 is 3.43. The third kappa shape index (κ3) is 3.58. The lowest BCUT2D eigenvalue weighted by atomic mass is 9.89. The van der Waals surface area contributed by atoms with E-state index in [1.54, 1.807) is 12.1 Å². The molecule has 1 aromatic rings. The van der Waals surface area contributed by atoms with Crippen molar-refractivity contribution in [2.45, 2.75) is 20.3 Å². The van der Waals surface area contributed by atoms with E-state index in [0.717, 1.165) is 16.5 Å². The fraction of sp³-hybridized carbons (Fsp3) is 0.500. The van der Waals surface area contributed by atoms with Gasteiger partial charge in [-0.2, -0.15) is 0 Å². The first-order valence-electron chi connectivity index (χ1n) is 5.18. The van der Waals surface area contributed by atoms with Crippen LogP contribution < -0.4 is 5.73 Å². The number of halogens is 2. The number of hydrogen-bond donors (Lipinski definition) is 1. The second-order valence-electron chi connectivity index (χ2n) is 4.18. The maximum atomic E-state index is 13.1. The molecule has 3 heteroatoms. The number of hydrogen-bond acceptors (Lipinski definition) is 1. The molecule has 1 aromatic carbocycles. The first kappa shape index (κ1) is 12.7. The maximum absolute atomic E-state index is 13.1. The van der Waals surface area contributed by atoms with Gasteiger partial charge in [0.15, 0.2) is 0 Å². The highest BCUT2D eigenvalue weighted by Crippen LogP contribution is 2.23. The lowest BCUT2D eigenvalue weighted by Gasteiger charge is -2.19. The number of benzene rings is 1. The van der Waals surface area contributed by atoms with Gasteiger partial charge in [-0.25, -0.2) is 4.39 Å².